The van der Waals surface area contributed by atoms with Crippen molar-refractivity contribution < 1.29 is 14.3 Å². The molecule has 1 aromatic rings. The summed E-state index contributed by atoms with van der Waals surface area (Å²) in [6.07, 6.45) is -0.192. The molecule has 0 radical (unpaired) electrons. The van der Waals surface area contributed by atoms with E-state index < -0.39 is 6.09 Å². The van der Waals surface area contributed by atoms with E-state index in [1.54, 1.807) is 0 Å². The molecule has 0 aliphatic carbocycles. The highest BCUT2D eigenvalue weighted by Gasteiger charge is 2.12. The standard InChI is InChI=1S/C10H11NO3/c1-14-10(13)11(8-12)7-9-5-3-2-4-6-9/h2-6,8H,7H2,1H3. The highest BCUT2D eigenvalue weighted by Crippen LogP contribution is 2.03. The summed E-state index contributed by atoms with van der Waals surface area (Å²) in [5.74, 6) is 0. The largest absolute Gasteiger partial charge is 0.452 e. The van der Waals surface area contributed by atoms with Gasteiger partial charge in [-0.25, -0.2) is 9.69 Å². The van der Waals surface area contributed by atoms with Crippen LogP contribution in [0.5, 0.6) is 0 Å². The monoisotopic (exact) mass is 193 g/mol. The van der Waals surface area contributed by atoms with Gasteiger partial charge >= 0.3 is 6.09 Å². The Labute approximate surface area is 82.1 Å². The summed E-state index contributed by atoms with van der Waals surface area (Å²) in [5.41, 5.74) is 0.880. The number of carbonyl (C=O) groups excluding carboxylic acids is 2. The number of rotatable bonds is 3. The minimum atomic E-state index is -0.649. The number of amides is 2. The number of hydrogen-bond donors (Lipinski definition) is 0. The smallest absolute Gasteiger partial charge is 0.416 e. The van der Waals surface area contributed by atoms with Crippen LogP contribution in [0.1, 0.15) is 5.56 Å². The molecule has 0 saturated carbocycles. The Morgan fingerprint density at radius 2 is 2.07 bits per heavy atom. The van der Waals surface area contributed by atoms with Gasteiger partial charge in [0.1, 0.15) is 0 Å². The lowest BCUT2D eigenvalue weighted by molar-refractivity contribution is -0.117. The molecule has 0 aromatic heterocycles. The lowest BCUT2D eigenvalue weighted by atomic mass is 10.2. The van der Waals surface area contributed by atoms with Crippen molar-refractivity contribution in [2.24, 2.45) is 0 Å². The molecule has 0 spiro atoms. The second kappa shape index (κ2) is 5.01. The molecule has 0 N–H and O–H groups in total. The van der Waals surface area contributed by atoms with Gasteiger partial charge in [-0.1, -0.05) is 30.3 Å². The number of benzene rings is 1. The van der Waals surface area contributed by atoms with Crippen molar-refractivity contribution in [1.82, 2.24) is 4.90 Å². The van der Waals surface area contributed by atoms with Crippen LogP contribution in [0, 0.1) is 0 Å². The Kier molecular flexibility index (Phi) is 3.67. The van der Waals surface area contributed by atoms with Gasteiger partial charge in [-0.05, 0) is 5.56 Å². The van der Waals surface area contributed by atoms with Crippen molar-refractivity contribution in [3.63, 3.8) is 0 Å². The second-order valence-electron chi connectivity index (χ2n) is 2.69. The molecule has 0 saturated heterocycles. The Hall–Kier alpha value is -1.84. The van der Waals surface area contributed by atoms with E-state index in [4.69, 9.17) is 0 Å². The zero-order chi connectivity index (χ0) is 10.4. The highest BCUT2D eigenvalue weighted by atomic mass is 16.5. The van der Waals surface area contributed by atoms with Crippen LogP contribution in [0.3, 0.4) is 0 Å². The highest BCUT2D eigenvalue weighted by molar-refractivity contribution is 5.80. The van der Waals surface area contributed by atoms with Crippen molar-refractivity contribution >= 4 is 12.5 Å². The molecular formula is C10H11NO3. The van der Waals surface area contributed by atoms with Gasteiger partial charge in [-0.15, -0.1) is 0 Å². The third kappa shape index (κ3) is 2.58. The number of methoxy groups -OCH3 is 1. The Balaban J connectivity index is 2.66. The van der Waals surface area contributed by atoms with Crippen molar-refractivity contribution in [1.29, 1.82) is 0 Å². The average Bonchev–Trinajstić information content (AvgIpc) is 2.26. The lowest BCUT2D eigenvalue weighted by Gasteiger charge is -2.13. The Bertz CT molecular complexity index is 310. The minimum absolute atomic E-state index is 0.233. The van der Waals surface area contributed by atoms with Crippen LogP contribution in [0.2, 0.25) is 0 Å². The molecule has 0 aliphatic rings. The first kappa shape index (κ1) is 10.2. The van der Waals surface area contributed by atoms with Crippen molar-refractivity contribution in [2.45, 2.75) is 6.54 Å². The van der Waals surface area contributed by atoms with Crippen LogP contribution in [0.4, 0.5) is 4.79 Å². The van der Waals surface area contributed by atoms with Crippen molar-refractivity contribution in [3.8, 4) is 0 Å². The van der Waals surface area contributed by atoms with Gasteiger partial charge in [-0.2, -0.15) is 0 Å². The third-order valence-electron chi connectivity index (χ3n) is 1.73. The van der Waals surface area contributed by atoms with Gasteiger partial charge in [0, 0.05) is 0 Å². The van der Waals surface area contributed by atoms with Crippen LogP contribution in [-0.2, 0) is 16.1 Å². The van der Waals surface area contributed by atoms with E-state index in [0.29, 0.717) is 6.41 Å². The van der Waals surface area contributed by atoms with Gasteiger partial charge in [0.05, 0.1) is 13.7 Å². The maximum absolute atomic E-state index is 11.0. The number of nitrogens with zero attached hydrogens (tertiary/aromatic N) is 1. The van der Waals surface area contributed by atoms with Gasteiger partial charge in [0.15, 0.2) is 0 Å². The maximum atomic E-state index is 11.0. The number of carbonyl (C=O) groups is 2. The molecule has 0 fully saturated rings. The Morgan fingerprint density at radius 3 is 2.57 bits per heavy atom. The average molecular weight is 193 g/mol. The van der Waals surface area contributed by atoms with Crippen LogP contribution in [-0.4, -0.2) is 24.5 Å². The summed E-state index contributed by atoms with van der Waals surface area (Å²) >= 11 is 0. The van der Waals surface area contributed by atoms with E-state index in [-0.39, 0.29) is 6.54 Å². The predicted octanol–water partition coefficient (Wildman–Crippen LogP) is 1.41. The van der Waals surface area contributed by atoms with Gasteiger partial charge < -0.3 is 4.74 Å². The number of ether oxygens (including phenoxy) is 1. The first-order chi connectivity index (χ1) is 6.77. The predicted molar refractivity (Wildman–Crippen MR) is 50.5 cm³/mol. The number of imide groups is 1. The summed E-state index contributed by atoms with van der Waals surface area (Å²) in [7, 11) is 1.24. The molecule has 4 nitrogen and oxygen atoms in total. The molecule has 14 heavy (non-hydrogen) atoms. The van der Waals surface area contributed by atoms with E-state index in [0.717, 1.165) is 10.5 Å². The molecule has 0 heterocycles. The first-order valence-electron chi connectivity index (χ1n) is 4.11. The zero-order valence-corrected chi connectivity index (χ0v) is 7.84. The van der Waals surface area contributed by atoms with Crippen LogP contribution in [0.25, 0.3) is 0 Å². The molecule has 0 bridgehead atoms. The van der Waals surface area contributed by atoms with E-state index in [1.165, 1.54) is 7.11 Å². The molecule has 74 valence electrons. The fourth-order valence-electron chi connectivity index (χ4n) is 1.04. The molecule has 1 rings (SSSR count). The van der Waals surface area contributed by atoms with Gasteiger partial charge in [0.25, 0.3) is 0 Å². The molecular weight excluding hydrogens is 182 g/mol. The summed E-state index contributed by atoms with van der Waals surface area (Å²) < 4.78 is 4.43. The fraction of sp³-hybridized carbons (Fsp3) is 0.200. The fourth-order valence-corrected chi connectivity index (χ4v) is 1.04. The third-order valence-corrected chi connectivity index (χ3v) is 1.73. The molecule has 2 amide bonds. The quantitative estimate of drug-likeness (QED) is 0.682. The number of hydrogen-bond acceptors (Lipinski definition) is 3. The molecule has 0 aliphatic heterocycles. The Morgan fingerprint density at radius 1 is 1.43 bits per heavy atom. The molecule has 1 aromatic carbocycles. The lowest BCUT2D eigenvalue weighted by Crippen LogP contribution is -2.28. The summed E-state index contributed by atoms with van der Waals surface area (Å²) in [6.45, 7) is 0.233. The van der Waals surface area contributed by atoms with Crippen molar-refractivity contribution in [2.75, 3.05) is 7.11 Å². The summed E-state index contributed by atoms with van der Waals surface area (Å²) in [6, 6.07) is 9.22. The minimum Gasteiger partial charge on any atom is -0.452 e. The van der Waals surface area contributed by atoms with E-state index >= 15 is 0 Å². The summed E-state index contributed by atoms with van der Waals surface area (Å²) in [4.78, 5) is 22.5. The second-order valence-corrected chi connectivity index (χ2v) is 2.69. The van der Waals surface area contributed by atoms with Gasteiger partial charge in [-0.3, -0.25) is 4.79 Å². The maximum Gasteiger partial charge on any atom is 0.416 e. The van der Waals surface area contributed by atoms with Crippen LogP contribution < -0.4 is 0 Å². The topological polar surface area (TPSA) is 46.6 Å². The van der Waals surface area contributed by atoms with Crippen LogP contribution >= 0.6 is 0 Å². The van der Waals surface area contributed by atoms with Gasteiger partial charge in [0.2, 0.25) is 6.41 Å². The normalized spacial score (nSPS) is 9.21. The first-order valence-corrected chi connectivity index (χ1v) is 4.11. The molecule has 4 heteroatoms. The van der Waals surface area contributed by atoms with Crippen LogP contribution in [0.15, 0.2) is 30.3 Å². The van der Waals surface area contributed by atoms with E-state index in [1.807, 2.05) is 30.3 Å². The molecule has 0 unspecified atom stereocenters. The molecule has 0 atom stereocenters. The van der Waals surface area contributed by atoms with E-state index in [9.17, 15) is 9.59 Å². The van der Waals surface area contributed by atoms with Crippen molar-refractivity contribution in [3.05, 3.63) is 35.9 Å². The zero-order valence-electron chi connectivity index (χ0n) is 7.84. The summed E-state index contributed by atoms with van der Waals surface area (Å²) in [5, 5.41) is 0. The SMILES string of the molecule is COC(=O)N(C=O)Cc1ccccc1. The van der Waals surface area contributed by atoms with E-state index in [2.05, 4.69) is 4.74 Å².